The van der Waals surface area contributed by atoms with Crippen LogP contribution in [-0.2, 0) is 4.74 Å². The summed E-state index contributed by atoms with van der Waals surface area (Å²) in [6, 6.07) is 9.19. The molecule has 4 rings (SSSR count). The number of halogens is 3. The normalized spacial score (nSPS) is 11.1. The number of benzene rings is 2. The number of nitrogens with zero attached hydrogens (tertiary/aromatic N) is 5. The van der Waals surface area contributed by atoms with Gasteiger partial charge >= 0.3 is 0 Å². The molecular weight excluding hydrogens is 592 g/mol. The molecule has 10 nitrogen and oxygen atoms in total. The average molecular weight is 626 g/mol. The molecule has 0 atom stereocenters. The smallest absolute Gasteiger partial charge is 0.252 e. The Kier molecular flexibility index (Phi) is 11.8. The highest BCUT2D eigenvalue weighted by atomic mass is 35.5. The number of amides is 1. The van der Waals surface area contributed by atoms with Gasteiger partial charge in [-0.15, -0.1) is 0 Å². The fraction of sp³-hybridized carbons (Fsp3) is 0.355. The Bertz CT molecular complexity index is 1620. The molecule has 0 bridgehead atoms. The van der Waals surface area contributed by atoms with Gasteiger partial charge in [-0.1, -0.05) is 25.4 Å². The summed E-state index contributed by atoms with van der Waals surface area (Å²) >= 11 is 6.44. The summed E-state index contributed by atoms with van der Waals surface area (Å²) in [6.45, 7) is 8.21. The van der Waals surface area contributed by atoms with E-state index in [1.807, 2.05) is 0 Å². The molecule has 2 aromatic carbocycles. The fourth-order valence-electron chi connectivity index (χ4n) is 4.67. The van der Waals surface area contributed by atoms with Gasteiger partial charge in [0.15, 0.2) is 29.6 Å². The second kappa shape index (κ2) is 16.0. The monoisotopic (exact) mass is 625 g/mol. The van der Waals surface area contributed by atoms with Crippen molar-refractivity contribution in [1.82, 2.24) is 24.6 Å². The zero-order valence-corrected chi connectivity index (χ0v) is 25.3. The van der Waals surface area contributed by atoms with Crippen molar-refractivity contribution in [2.75, 3.05) is 51.3 Å². The fourth-order valence-corrected chi connectivity index (χ4v) is 4.93. The number of nitriles is 1. The van der Waals surface area contributed by atoms with Crippen LogP contribution in [0.5, 0.6) is 5.75 Å². The third-order valence-electron chi connectivity index (χ3n) is 6.68. The lowest BCUT2D eigenvalue weighted by molar-refractivity contribution is 0.0876. The van der Waals surface area contributed by atoms with Crippen LogP contribution in [0.2, 0.25) is 5.02 Å². The standard InChI is InChI=1S/C31H34ClF2N7O3/c1-3-12-40(13-4-2)15-18-43-17-11-37-31(42)22-6-5-21(19-24(22)32)39-29-30-38-20-25(41(30)14-10-36-29)23-7-8-26(44-16-9-35)28(34)27(23)33/h5-8,10,14,19-20H,3-4,11-13,15-18H2,1-2H3,(H,36,39)(H,37,42). The molecule has 0 unspecified atom stereocenters. The molecule has 0 spiro atoms. The van der Waals surface area contributed by atoms with E-state index in [2.05, 4.69) is 39.3 Å². The van der Waals surface area contributed by atoms with Crippen LogP contribution in [0.3, 0.4) is 0 Å². The number of imidazole rings is 1. The predicted molar refractivity (Wildman–Crippen MR) is 164 cm³/mol. The first kappa shape index (κ1) is 32.6. The molecule has 0 aliphatic rings. The number of fused-ring (bicyclic) bond motifs is 1. The Morgan fingerprint density at radius 3 is 2.61 bits per heavy atom. The maximum atomic E-state index is 14.9. The minimum absolute atomic E-state index is 0.0461. The number of ether oxygens (including phenoxy) is 2. The topological polar surface area (TPSA) is 117 Å². The number of nitrogens with one attached hydrogen (secondary N) is 2. The first-order valence-electron chi connectivity index (χ1n) is 14.3. The van der Waals surface area contributed by atoms with Gasteiger partial charge in [-0.2, -0.15) is 9.65 Å². The van der Waals surface area contributed by atoms with E-state index in [1.54, 1.807) is 34.9 Å². The minimum Gasteiger partial charge on any atom is -0.476 e. The predicted octanol–water partition coefficient (Wildman–Crippen LogP) is 5.84. The number of hydrogen-bond acceptors (Lipinski definition) is 8. The van der Waals surface area contributed by atoms with Crippen LogP contribution < -0.4 is 15.4 Å². The zero-order valence-electron chi connectivity index (χ0n) is 24.6. The third-order valence-corrected chi connectivity index (χ3v) is 7.00. The molecule has 0 aliphatic carbocycles. The Morgan fingerprint density at radius 1 is 1.09 bits per heavy atom. The lowest BCUT2D eigenvalue weighted by atomic mass is 10.1. The van der Waals surface area contributed by atoms with Crippen molar-refractivity contribution >= 4 is 34.7 Å². The molecule has 0 saturated heterocycles. The maximum absolute atomic E-state index is 14.9. The lowest BCUT2D eigenvalue weighted by Crippen LogP contribution is -2.31. The van der Waals surface area contributed by atoms with Gasteiger partial charge in [-0.3, -0.25) is 9.20 Å². The van der Waals surface area contributed by atoms with Gasteiger partial charge in [-0.05, 0) is 56.3 Å². The number of carbonyl (C=O) groups is 1. The summed E-state index contributed by atoms with van der Waals surface area (Å²) in [6.07, 6.45) is 6.64. The largest absolute Gasteiger partial charge is 0.476 e. The summed E-state index contributed by atoms with van der Waals surface area (Å²) in [5.74, 6) is -2.68. The highest BCUT2D eigenvalue weighted by Crippen LogP contribution is 2.32. The molecule has 2 heterocycles. The molecule has 0 saturated carbocycles. The Labute approximate surface area is 259 Å². The van der Waals surface area contributed by atoms with Gasteiger partial charge in [0.25, 0.3) is 5.91 Å². The number of anilines is 2. The van der Waals surface area contributed by atoms with Gasteiger partial charge < -0.3 is 25.0 Å². The summed E-state index contributed by atoms with van der Waals surface area (Å²) in [7, 11) is 0. The molecule has 13 heteroatoms. The number of carbonyl (C=O) groups excluding carboxylic acids is 1. The van der Waals surface area contributed by atoms with Gasteiger partial charge in [0, 0.05) is 36.7 Å². The number of aromatic nitrogens is 3. The van der Waals surface area contributed by atoms with Crippen LogP contribution in [0.4, 0.5) is 20.3 Å². The quantitative estimate of drug-likeness (QED) is 0.149. The van der Waals surface area contributed by atoms with Crippen LogP contribution in [0.1, 0.15) is 37.0 Å². The average Bonchev–Trinajstić information content (AvgIpc) is 3.45. The lowest BCUT2D eigenvalue weighted by Gasteiger charge is -2.20. The summed E-state index contributed by atoms with van der Waals surface area (Å²) < 4.78 is 41.7. The van der Waals surface area contributed by atoms with E-state index in [0.29, 0.717) is 42.5 Å². The molecule has 2 aromatic heterocycles. The van der Waals surface area contributed by atoms with E-state index in [1.165, 1.54) is 24.5 Å². The van der Waals surface area contributed by atoms with Gasteiger partial charge in [0.1, 0.15) is 6.07 Å². The number of hydrogen-bond donors (Lipinski definition) is 2. The van der Waals surface area contributed by atoms with E-state index in [-0.39, 0.29) is 27.9 Å². The minimum atomic E-state index is -1.20. The van der Waals surface area contributed by atoms with E-state index >= 15 is 0 Å². The number of rotatable bonds is 16. The molecule has 0 fully saturated rings. The Hall–Kier alpha value is -4.31. The second-order valence-corrected chi connectivity index (χ2v) is 10.2. The molecular formula is C31H34ClF2N7O3. The van der Waals surface area contributed by atoms with Crippen LogP contribution in [0, 0.1) is 23.0 Å². The van der Waals surface area contributed by atoms with Crippen molar-refractivity contribution in [2.45, 2.75) is 26.7 Å². The van der Waals surface area contributed by atoms with Crippen molar-refractivity contribution in [3.63, 3.8) is 0 Å². The molecule has 1 amide bonds. The molecule has 44 heavy (non-hydrogen) atoms. The van der Waals surface area contributed by atoms with E-state index in [9.17, 15) is 13.6 Å². The van der Waals surface area contributed by atoms with Crippen molar-refractivity contribution < 1.29 is 23.0 Å². The molecule has 232 valence electrons. The Balaban J connectivity index is 1.38. The first-order valence-corrected chi connectivity index (χ1v) is 14.7. The highest BCUT2D eigenvalue weighted by molar-refractivity contribution is 6.34. The summed E-state index contributed by atoms with van der Waals surface area (Å²) in [5, 5.41) is 14.8. The van der Waals surface area contributed by atoms with Crippen molar-refractivity contribution in [3.05, 3.63) is 71.1 Å². The maximum Gasteiger partial charge on any atom is 0.252 e. The van der Waals surface area contributed by atoms with Gasteiger partial charge in [-0.25, -0.2) is 14.4 Å². The van der Waals surface area contributed by atoms with Crippen LogP contribution in [-0.4, -0.2) is 71.2 Å². The first-order chi connectivity index (χ1) is 21.4. The van der Waals surface area contributed by atoms with Crippen LogP contribution >= 0.6 is 11.6 Å². The SMILES string of the molecule is CCCN(CCC)CCOCCNC(=O)c1ccc(Nc2nccn3c(-c4ccc(OCC#N)c(F)c4F)cnc23)cc1Cl. The zero-order chi connectivity index (χ0) is 31.5. The molecule has 0 aliphatic heterocycles. The van der Waals surface area contributed by atoms with Crippen LogP contribution in [0.15, 0.2) is 48.9 Å². The molecule has 4 aromatic rings. The van der Waals surface area contributed by atoms with E-state index in [4.69, 9.17) is 26.3 Å². The third kappa shape index (κ3) is 7.99. The highest BCUT2D eigenvalue weighted by Gasteiger charge is 2.20. The second-order valence-electron chi connectivity index (χ2n) is 9.83. The Morgan fingerprint density at radius 2 is 1.89 bits per heavy atom. The van der Waals surface area contributed by atoms with Gasteiger partial charge in [0.05, 0.1) is 35.7 Å². The van der Waals surface area contributed by atoms with E-state index < -0.39 is 18.2 Å². The van der Waals surface area contributed by atoms with E-state index in [0.717, 1.165) is 32.5 Å². The summed E-state index contributed by atoms with van der Waals surface area (Å²) in [4.78, 5) is 23.7. The van der Waals surface area contributed by atoms with Crippen LogP contribution in [0.25, 0.3) is 16.9 Å². The van der Waals surface area contributed by atoms with Crippen molar-refractivity contribution in [3.8, 4) is 23.1 Å². The van der Waals surface area contributed by atoms with Gasteiger partial charge in [0.2, 0.25) is 5.82 Å². The molecule has 2 N–H and O–H groups in total. The summed E-state index contributed by atoms with van der Waals surface area (Å²) in [5.41, 5.74) is 1.43. The van der Waals surface area contributed by atoms with Crippen molar-refractivity contribution in [2.24, 2.45) is 0 Å². The van der Waals surface area contributed by atoms with Crippen molar-refractivity contribution in [1.29, 1.82) is 5.26 Å². The molecule has 0 radical (unpaired) electrons.